The molecule has 12 nitrogen and oxygen atoms in total. The molecular weight excluding hydrogens is 997 g/mol. The van der Waals surface area contributed by atoms with Crippen molar-refractivity contribution in [3.63, 3.8) is 0 Å². The number of hydrogen-bond donors (Lipinski definition) is 3. The Morgan fingerprint density at radius 1 is 0.418 bits per heavy atom. The van der Waals surface area contributed by atoms with E-state index in [1.165, 1.54) is 0 Å². The normalized spacial score (nSPS) is 18.9. The van der Waals surface area contributed by atoms with Gasteiger partial charge in [0, 0.05) is 19.3 Å². The fourth-order valence-corrected chi connectivity index (χ4v) is 7.94. The molecule has 1 aliphatic heterocycles. The van der Waals surface area contributed by atoms with Gasteiger partial charge in [-0.25, -0.2) is 4.79 Å². The van der Waals surface area contributed by atoms with Crippen molar-refractivity contribution in [1.29, 1.82) is 0 Å². The highest BCUT2D eigenvalue weighted by Crippen LogP contribution is 2.26. The molecule has 0 amide bonds. The van der Waals surface area contributed by atoms with Crippen LogP contribution < -0.4 is 0 Å². The lowest BCUT2D eigenvalue weighted by molar-refractivity contribution is -0.301. The molecule has 0 aromatic carbocycles. The van der Waals surface area contributed by atoms with Crippen molar-refractivity contribution < 1.29 is 58.2 Å². The number of carboxylic acid groups (broad SMARTS) is 1. The molecule has 6 unspecified atom stereocenters. The Kier molecular flexibility index (Phi) is 48.3. The van der Waals surface area contributed by atoms with E-state index in [9.17, 15) is 34.5 Å². The highest BCUT2D eigenvalue weighted by molar-refractivity contribution is 5.74. The molecule has 1 rings (SSSR count). The fraction of sp³-hybridized carbons (Fsp3) is 0.582. The Hall–Kier alpha value is -5.40. The van der Waals surface area contributed by atoms with E-state index < -0.39 is 67.3 Å². The number of rotatable bonds is 48. The maximum atomic E-state index is 13.2. The summed E-state index contributed by atoms with van der Waals surface area (Å²) in [5.74, 6) is -3.28. The molecule has 0 radical (unpaired) electrons. The van der Waals surface area contributed by atoms with E-state index in [4.69, 9.17) is 23.7 Å². The minimum Gasteiger partial charge on any atom is -0.479 e. The first-order chi connectivity index (χ1) is 38.6. The Balaban J connectivity index is 2.76. The van der Waals surface area contributed by atoms with Crippen LogP contribution in [0.4, 0.5) is 0 Å². The second-order valence-electron chi connectivity index (χ2n) is 19.5. The van der Waals surface area contributed by atoms with Crippen LogP contribution in [0.5, 0.6) is 0 Å². The zero-order valence-electron chi connectivity index (χ0n) is 48.5. The van der Waals surface area contributed by atoms with Crippen LogP contribution in [0.2, 0.25) is 0 Å². The predicted octanol–water partition coefficient (Wildman–Crippen LogP) is 15.6. The second kappa shape index (κ2) is 53.3. The third-order valence-electron chi connectivity index (χ3n) is 12.4. The molecule has 0 bridgehead atoms. The average molecular weight is 1100 g/mol. The maximum absolute atomic E-state index is 13.2. The number of carbonyl (C=O) groups is 4. The SMILES string of the molecule is CC/C=C\C/C=C\C/C=C\C/C=C\C/C=C\CCCC(=O)OCC(COC1OC(C(=O)O)C(O)C(O)C1OC(=O)CCCCCC/C=C\C/C=C\C/C=C\C/C=C\CC)OC(=O)CCCCCCC/C=C\C/C=C\C/C=C\CC. The molecule has 79 heavy (non-hydrogen) atoms. The van der Waals surface area contributed by atoms with Gasteiger partial charge in [-0.3, -0.25) is 14.4 Å². The molecule has 0 saturated carbocycles. The van der Waals surface area contributed by atoms with Crippen LogP contribution >= 0.6 is 0 Å². The first-order valence-corrected chi connectivity index (χ1v) is 29.8. The highest BCUT2D eigenvalue weighted by atomic mass is 16.7. The van der Waals surface area contributed by atoms with E-state index >= 15 is 0 Å². The van der Waals surface area contributed by atoms with Gasteiger partial charge in [0.05, 0.1) is 6.61 Å². The molecule has 0 aromatic heterocycles. The van der Waals surface area contributed by atoms with E-state index in [-0.39, 0.29) is 25.9 Å². The molecule has 0 aromatic rings. The number of esters is 3. The maximum Gasteiger partial charge on any atom is 0.335 e. The molecule has 6 atom stereocenters. The molecule has 3 N–H and O–H groups in total. The van der Waals surface area contributed by atoms with Crippen LogP contribution in [0.25, 0.3) is 0 Å². The van der Waals surface area contributed by atoms with Crippen molar-refractivity contribution in [3.8, 4) is 0 Å². The highest BCUT2D eigenvalue weighted by Gasteiger charge is 2.50. The minimum absolute atomic E-state index is 0.0160. The number of hydrogen-bond acceptors (Lipinski definition) is 11. The zero-order chi connectivity index (χ0) is 57.5. The lowest BCUT2D eigenvalue weighted by Crippen LogP contribution is -2.61. The zero-order valence-corrected chi connectivity index (χ0v) is 48.5. The summed E-state index contributed by atoms with van der Waals surface area (Å²) in [5, 5.41) is 31.5. The van der Waals surface area contributed by atoms with E-state index in [1.54, 1.807) is 0 Å². The number of carbonyl (C=O) groups excluding carboxylic acids is 3. The summed E-state index contributed by atoms with van der Waals surface area (Å²) in [6.45, 7) is 5.56. The van der Waals surface area contributed by atoms with E-state index in [2.05, 4.69) is 161 Å². The standard InChI is InChI=1S/C67H102O12/c1-4-7-10-13-16-19-22-25-28-30-33-35-38-41-44-47-50-53-59(68)75-56-58(77-60(69)54-51-48-45-42-39-36-32-27-24-21-18-15-12-9-6-3)57-76-67-65(63(72)62(71)64(79-67)66(73)74)78-61(70)55-52-49-46-43-40-37-34-31-29-26-23-20-17-14-11-8-5-2/h7-12,16-21,25-29,32-35,37,41,44,58,62-65,67,71-72H,4-6,13-15,22-24,30-31,36,38-40,42-43,45-57H2,1-3H3,(H,73,74)/b10-7-,11-8-,12-9-,19-16-,20-17-,21-18-,28-25-,29-26-,32-27-,35-33-,37-34-,44-41-. The fourth-order valence-electron chi connectivity index (χ4n) is 7.94. The van der Waals surface area contributed by atoms with Gasteiger partial charge in [-0.15, -0.1) is 0 Å². The van der Waals surface area contributed by atoms with Gasteiger partial charge < -0.3 is 39.0 Å². The summed E-state index contributed by atoms with van der Waals surface area (Å²) in [4.78, 5) is 51.2. The lowest BCUT2D eigenvalue weighted by Gasteiger charge is -2.40. The van der Waals surface area contributed by atoms with Crippen molar-refractivity contribution in [1.82, 2.24) is 0 Å². The molecule has 0 spiro atoms. The first-order valence-electron chi connectivity index (χ1n) is 29.8. The summed E-state index contributed by atoms with van der Waals surface area (Å²) in [7, 11) is 0. The Morgan fingerprint density at radius 2 is 0.772 bits per heavy atom. The number of aliphatic carboxylic acids is 1. The van der Waals surface area contributed by atoms with E-state index in [0.29, 0.717) is 25.7 Å². The molecular formula is C67H102O12. The predicted molar refractivity (Wildman–Crippen MR) is 321 cm³/mol. The largest absolute Gasteiger partial charge is 0.479 e. The molecule has 0 aliphatic carbocycles. The monoisotopic (exact) mass is 1100 g/mol. The van der Waals surface area contributed by atoms with Crippen molar-refractivity contribution in [2.45, 2.75) is 237 Å². The number of aliphatic hydroxyl groups excluding tert-OH is 2. The van der Waals surface area contributed by atoms with Crippen LogP contribution in [-0.4, -0.2) is 89.2 Å². The van der Waals surface area contributed by atoms with Gasteiger partial charge in [-0.05, 0) is 128 Å². The Bertz CT molecular complexity index is 1930. The smallest absolute Gasteiger partial charge is 0.335 e. The van der Waals surface area contributed by atoms with Crippen LogP contribution in [0.1, 0.15) is 201 Å². The van der Waals surface area contributed by atoms with Gasteiger partial charge >= 0.3 is 23.9 Å². The molecule has 1 fully saturated rings. The Labute approximate surface area is 476 Å². The number of unbranched alkanes of at least 4 members (excludes halogenated alkanes) is 10. The number of aliphatic hydroxyl groups is 2. The number of allylic oxidation sites excluding steroid dienone is 24. The summed E-state index contributed by atoms with van der Waals surface area (Å²) >= 11 is 0. The summed E-state index contributed by atoms with van der Waals surface area (Å²) in [6, 6.07) is 0. The number of ether oxygens (including phenoxy) is 5. The van der Waals surface area contributed by atoms with Crippen LogP contribution in [0.3, 0.4) is 0 Å². The van der Waals surface area contributed by atoms with E-state index in [0.717, 1.165) is 135 Å². The lowest BCUT2D eigenvalue weighted by atomic mass is 9.98. The minimum atomic E-state index is -1.93. The van der Waals surface area contributed by atoms with Gasteiger partial charge in [0.2, 0.25) is 0 Å². The molecule has 1 aliphatic rings. The second-order valence-corrected chi connectivity index (χ2v) is 19.5. The van der Waals surface area contributed by atoms with Gasteiger partial charge in [-0.1, -0.05) is 199 Å². The first kappa shape index (κ1) is 71.6. The quantitative estimate of drug-likeness (QED) is 0.0228. The summed E-state index contributed by atoms with van der Waals surface area (Å²) in [5.41, 5.74) is 0. The van der Waals surface area contributed by atoms with Crippen LogP contribution in [-0.2, 0) is 42.9 Å². The molecule has 442 valence electrons. The van der Waals surface area contributed by atoms with Gasteiger partial charge in [0.25, 0.3) is 0 Å². The van der Waals surface area contributed by atoms with Gasteiger partial charge in [0.1, 0.15) is 18.8 Å². The van der Waals surface area contributed by atoms with Crippen LogP contribution in [0.15, 0.2) is 146 Å². The summed E-state index contributed by atoms with van der Waals surface area (Å²) < 4.78 is 28.3. The molecule has 1 heterocycles. The third kappa shape index (κ3) is 43.1. The third-order valence-corrected chi connectivity index (χ3v) is 12.4. The van der Waals surface area contributed by atoms with Crippen molar-refractivity contribution >= 4 is 23.9 Å². The van der Waals surface area contributed by atoms with Crippen molar-refractivity contribution in [2.75, 3.05) is 13.2 Å². The van der Waals surface area contributed by atoms with E-state index in [1.807, 2.05) is 6.08 Å². The summed E-state index contributed by atoms with van der Waals surface area (Å²) in [6.07, 6.45) is 63.9. The molecule has 1 saturated heterocycles. The van der Waals surface area contributed by atoms with Crippen molar-refractivity contribution in [3.05, 3.63) is 146 Å². The van der Waals surface area contributed by atoms with Gasteiger partial charge in [-0.2, -0.15) is 0 Å². The average Bonchev–Trinajstić information content (AvgIpc) is 3.47. The van der Waals surface area contributed by atoms with Gasteiger partial charge in [0.15, 0.2) is 24.6 Å². The van der Waals surface area contributed by atoms with Crippen LogP contribution in [0, 0.1) is 0 Å². The molecule has 12 heteroatoms. The topological polar surface area (TPSA) is 175 Å². The Morgan fingerprint density at radius 3 is 1.19 bits per heavy atom. The van der Waals surface area contributed by atoms with Crippen molar-refractivity contribution in [2.24, 2.45) is 0 Å². The number of carboxylic acids is 1.